The Balaban J connectivity index is 1.16. The van der Waals surface area contributed by atoms with Crippen LogP contribution in [0.5, 0.6) is 0 Å². The third-order valence-corrected chi connectivity index (χ3v) is 8.19. The Hall–Kier alpha value is -3.21. The van der Waals surface area contributed by atoms with E-state index in [1.807, 2.05) is 37.3 Å². The molecule has 174 valence electrons. The van der Waals surface area contributed by atoms with Gasteiger partial charge in [-0.25, -0.2) is 20.0 Å². The fourth-order valence-electron chi connectivity index (χ4n) is 5.97. The molecule has 3 aliphatic rings. The van der Waals surface area contributed by atoms with Gasteiger partial charge in [-0.1, -0.05) is 11.6 Å². The first-order valence-corrected chi connectivity index (χ1v) is 11.8. The number of H-pyrrole nitrogens is 1. The monoisotopic (exact) mass is 477 g/mol. The number of nitrogens with two attached hydrogens (primary N) is 1. The van der Waals surface area contributed by atoms with Gasteiger partial charge in [-0.3, -0.25) is 5.10 Å². The van der Waals surface area contributed by atoms with Gasteiger partial charge in [0.05, 0.1) is 28.3 Å². The van der Waals surface area contributed by atoms with Crippen LogP contribution in [0.3, 0.4) is 0 Å². The minimum Gasteiger partial charge on any atom is -0.449 e. The molecule has 11 heteroatoms. The largest absolute Gasteiger partial charge is 0.449 e. The molecular formula is C23H24ClN9O. The van der Waals surface area contributed by atoms with Crippen LogP contribution in [0, 0.1) is 18.8 Å². The van der Waals surface area contributed by atoms with Crippen molar-refractivity contribution in [2.24, 2.45) is 17.6 Å². The minimum atomic E-state index is -0.0848. The van der Waals surface area contributed by atoms with E-state index in [0.717, 1.165) is 53.7 Å². The molecule has 2 aliphatic heterocycles. The summed E-state index contributed by atoms with van der Waals surface area (Å²) in [5.74, 6) is 2.38. The molecule has 0 radical (unpaired) electrons. The molecule has 3 aromatic heterocycles. The minimum absolute atomic E-state index is 0.0848. The van der Waals surface area contributed by atoms with Crippen LogP contribution in [-0.2, 0) is 12.0 Å². The van der Waals surface area contributed by atoms with Gasteiger partial charge in [-0.05, 0) is 24.0 Å². The molecule has 0 bridgehead atoms. The number of halogens is 1. The van der Waals surface area contributed by atoms with Crippen molar-refractivity contribution in [2.75, 3.05) is 37.0 Å². The summed E-state index contributed by atoms with van der Waals surface area (Å²) in [6.07, 6.45) is 3.59. The number of rotatable bonds is 4. The highest BCUT2D eigenvalue weighted by molar-refractivity contribution is 6.34. The fourth-order valence-corrected chi connectivity index (χ4v) is 6.29. The zero-order valence-corrected chi connectivity index (χ0v) is 19.6. The van der Waals surface area contributed by atoms with E-state index in [9.17, 15) is 0 Å². The van der Waals surface area contributed by atoms with Crippen LogP contribution in [0.1, 0.15) is 17.1 Å². The van der Waals surface area contributed by atoms with Gasteiger partial charge in [0.15, 0.2) is 5.89 Å². The van der Waals surface area contributed by atoms with E-state index in [4.69, 9.17) is 31.7 Å². The molecule has 10 nitrogen and oxygen atoms in total. The Morgan fingerprint density at radius 3 is 2.82 bits per heavy atom. The summed E-state index contributed by atoms with van der Waals surface area (Å²) >= 11 is 6.77. The fraction of sp³-hybridized carbons (Fsp3) is 0.391. The zero-order chi connectivity index (χ0) is 23.2. The van der Waals surface area contributed by atoms with Crippen LogP contribution in [0.25, 0.3) is 22.4 Å². The van der Waals surface area contributed by atoms with Crippen LogP contribution in [0.4, 0.5) is 11.5 Å². The summed E-state index contributed by atoms with van der Waals surface area (Å²) in [7, 11) is 1.99. The van der Waals surface area contributed by atoms with Crippen LogP contribution >= 0.6 is 11.6 Å². The van der Waals surface area contributed by atoms with Crippen LogP contribution in [0.2, 0.25) is 5.02 Å². The van der Waals surface area contributed by atoms with Crippen molar-refractivity contribution < 1.29 is 4.42 Å². The lowest BCUT2D eigenvalue weighted by molar-refractivity contribution is 0.422. The van der Waals surface area contributed by atoms with Crippen molar-refractivity contribution in [3.8, 4) is 11.3 Å². The SMILES string of the molecule is Cc1nc(C2(CN)[C@@H]3CN(c4cnc5c(-c6ccc7c(c6Cl)CN(C)N7)[nH]nc5n4)C[C@@H]32)co1. The molecule has 1 saturated heterocycles. The first-order chi connectivity index (χ1) is 16.5. The van der Waals surface area contributed by atoms with E-state index in [1.54, 1.807) is 6.26 Å². The number of anilines is 2. The Kier molecular flexibility index (Phi) is 4.10. The Morgan fingerprint density at radius 2 is 2.09 bits per heavy atom. The number of aromatic nitrogens is 5. The van der Waals surface area contributed by atoms with Crippen molar-refractivity contribution in [2.45, 2.75) is 18.9 Å². The molecule has 3 atom stereocenters. The van der Waals surface area contributed by atoms with Gasteiger partial charge in [0.2, 0.25) is 5.65 Å². The quantitative estimate of drug-likeness (QED) is 0.406. The van der Waals surface area contributed by atoms with Crippen molar-refractivity contribution in [1.82, 2.24) is 30.2 Å². The number of benzene rings is 1. The van der Waals surface area contributed by atoms with E-state index in [2.05, 4.69) is 25.5 Å². The van der Waals surface area contributed by atoms with E-state index >= 15 is 0 Å². The third-order valence-electron chi connectivity index (χ3n) is 7.76. The molecule has 4 N–H and O–H groups in total. The third kappa shape index (κ3) is 2.64. The Labute approximate surface area is 200 Å². The lowest BCUT2D eigenvalue weighted by atomic mass is 9.96. The highest BCUT2D eigenvalue weighted by Crippen LogP contribution is 2.63. The van der Waals surface area contributed by atoms with Gasteiger partial charge in [-0.2, -0.15) is 5.10 Å². The molecule has 4 aromatic rings. The molecule has 2 fully saturated rings. The number of oxazole rings is 1. The first kappa shape index (κ1) is 20.2. The molecule has 7 rings (SSSR count). The van der Waals surface area contributed by atoms with Crippen molar-refractivity contribution in [3.63, 3.8) is 0 Å². The van der Waals surface area contributed by atoms with Crippen LogP contribution in [-0.4, -0.2) is 56.8 Å². The lowest BCUT2D eigenvalue weighted by Gasteiger charge is -2.25. The van der Waals surface area contributed by atoms with Crippen molar-refractivity contribution in [1.29, 1.82) is 0 Å². The molecule has 1 aromatic carbocycles. The van der Waals surface area contributed by atoms with Gasteiger partial charge >= 0.3 is 0 Å². The smallest absolute Gasteiger partial charge is 0.202 e. The van der Waals surface area contributed by atoms with Gasteiger partial charge < -0.3 is 20.5 Å². The maximum absolute atomic E-state index is 6.77. The van der Waals surface area contributed by atoms with Gasteiger partial charge in [0.1, 0.15) is 17.6 Å². The van der Waals surface area contributed by atoms with Gasteiger partial charge in [0, 0.05) is 56.7 Å². The van der Waals surface area contributed by atoms with E-state index < -0.39 is 0 Å². The number of hydrogen-bond donors (Lipinski definition) is 3. The number of fused-ring (bicyclic) bond motifs is 3. The molecule has 1 unspecified atom stereocenters. The molecular weight excluding hydrogens is 454 g/mol. The molecule has 0 amide bonds. The highest BCUT2D eigenvalue weighted by Gasteiger charge is 2.69. The maximum atomic E-state index is 6.77. The second-order valence-electron chi connectivity index (χ2n) is 9.53. The topological polar surface area (TPSA) is 125 Å². The highest BCUT2D eigenvalue weighted by atomic mass is 35.5. The molecule has 5 heterocycles. The zero-order valence-electron chi connectivity index (χ0n) is 18.8. The van der Waals surface area contributed by atoms with Gasteiger partial charge in [-0.15, -0.1) is 0 Å². The van der Waals surface area contributed by atoms with Crippen LogP contribution < -0.4 is 16.1 Å². The second-order valence-corrected chi connectivity index (χ2v) is 9.91. The molecule has 1 saturated carbocycles. The Morgan fingerprint density at radius 1 is 1.26 bits per heavy atom. The molecule has 0 spiro atoms. The summed E-state index contributed by atoms with van der Waals surface area (Å²) in [5, 5.41) is 10.3. The molecule has 1 aliphatic carbocycles. The number of nitrogens with zero attached hydrogens (tertiary/aromatic N) is 6. The number of aryl methyl sites for hydroxylation is 1. The number of aromatic amines is 1. The lowest BCUT2D eigenvalue weighted by Crippen LogP contribution is -2.35. The van der Waals surface area contributed by atoms with E-state index in [1.165, 1.54) is 0 Å². The maximum Gasteiger partial charge on any atom is 0.202 e. The summed E-state index contributed by atoms with van der Waals surface area (Å²) in [6, 6.07) is 4.02. The Bertz CT molecular complexity index is 1430. The average Bonchev–Trinajstić information content (AvgIpc) is 3.44. The average molecular weight is 478 g/mol. The number of piperidine rings is 1. The molecule has 34 heavy (non-hydrogen) atoms. The van der Waals surface area contributed by atoms with E-state index in [0.29, 0.717) is 40.5 Å². The summed E-state index contributed by atoms with van der Waals surface area (Å²) < 4.78 is 5.46. The number of hydrogen-bond acceptors (Lipinski definition) is 9. The van der Waals surface area contributed by atoms with Crippen molar-refractivity contribution >= 4 is 34.3 Å². The summed E-state index contributed by atoms with van der Waals surface area (Å²) in [4.78, 5) is 16.4. The summed E-state index contributed by atoms with van der Waals surface area (Å²) in [6.45, 7) is 4.90. The standard InChI is InChI=1S/C23H24ClN9O/c1-11-27-17(9-34-11)23(10-25)14-7-33(8-15(14)23)18-5-26-21-20(29-30-22(21)28-18)12-3-4-16-13(19(12)24)6-32(2)31-16/h3-5,9,14-15,31H,6-8,10,25H2,1-2H3,(H,28,29,30)/t14-,15+,23?. The predicted molar refractivity (Wildman–Crippen MR) is 128 cm³/mol. The predicted octanol–water partition coefficient (Wildman–Crippen LogP) is 2.70. The van der Waals surface area contributed by atoms with Crippen LogP contribution in [0.15, 0.2) is 29.0 Å². The second kappa shape index (κ2) is 6.91. The van der Waals surface area contributed by atoms with Gasteiger partial charge in [0.25, 0.3) is 0 Å². The first-order valence-electron chi connectivity index (χ1n) is 11.4. The number of hydrazine groups is 1. The van der Waals surface area contributed by atoms with Crippen molar-refractivity contribution in [3.05, 3.63) is 46.8 Å². The van der Waals surface area contributed by atoms with E-state index in [-0.39, 0.29) is 5.41 Å². The normalized spacial score (nSPS) is 25.6. The summed E-state index contributed by atoms with van der Waals surface area (Å²) in [5.41, 5.74) is 15.4. The number of nitrogens with one attached hydrogen (secondary N) is 2.